The summed E-state index contributed by atoms with van der Waals surface area (Å²) >= 11 is 5.92. The first-order valence-electron chi connectivity index (χ1n) is 13.2. The zero-order valence-corrected chi connectivity index (χ0v) is 20.3. The number of carbonyl (C=O) groups is 2. The van der Waals surface area contributed by atoms with E-state index >= 15 is 0 Å². The number of aromatic nitrogens is 1. The Morgan fingerprint density at radius 1 is 1.18 bits per heavy atom. The van der Waals surface area contributed by atoms with E-state index in [9.17, 15) is 9.59 Å². The van der Waals surface area contributed by atoms with Gasteiger partial charge in [0.15, 0.2) is 0 Å². The quantitative estimate of drug-likeness (QED) is 0.311. The molecule has 1 heterocycles. The number of nitrogens with zero attached hydrogens (tertiary/aromatic N) is 1. The molecule has 0 saturated heterocycles. The zero-order chi connectivity index (χ0) is 27.4. The van der Waals surface area contributed by atoms with Crippen LogP contribution in [0.2, 0.25) is 5.02 Å². The lowest BCUT2D eigenvalue weighted by atomic mass is 10.0. The number of carbonyl (C=O) groups excluding carboxylic acids is 2. The van der Waals surface area contributed by atoms with Gasteiger partial charge in [0, 0.05) is 21.7 Å². The van der Waals surface area contributed by atoms with Crippen molar-refractivity contribution >= 4 is 34.4 Å². The van der Waals surface area contributed by atoms with E-state index in [1.807, 2.05) is 0 Å². The molecule has 0 bridgehead atoms. The van der Waals surface area contributed by atoms with Gasteiger partial charge in [-0.15, -0.1) is 0 Å². The van der Waals surface area contributed by atoms with E-state index in [2.05, 4.69) is 13.8 Å². The Balaban J connectivity index is 2.06. The molecule has 0 saturated carbocycles. The molecule has 2 aromatic carbocycles. The fraction of sp³-hybridized carbons (Fsp3) is 0.407. The van der Waals surface area contributed by atoms with E-state index in [0.29, 0.717) is 40.4 Å². The standard InChI is InChI=1S/C27H32ClNO4/c1-5-7-8-19(6-2)17-33-26(30)16-23-18(3)29(25-14-13-22(32-4)15-24(23)25)27(31)20-9-11-21(28)12-10-20/h9-15,19H,5-8,16-17H2,1-4H3/i9D,10D,11D,12D. The van der Waals surface area contributed by atoms with Crippen LogP contribution in [0.15, 0.2) is 42.4 Å². The van der Waals surface area contributed by atoms with Gasteiger partial charge in [-0.05, 0) is 67.2 Å². The minimum Gasteiger partial charge on any atom is -0.497 e. The molecule has 6 heteroatoms. The molecule has 1 atom stereocenters. The summed E-state index contributed by atoms with van der Waals surface area (Å²) in [6, 6.07) is 3.04. The monoisotopic (exact) mass is 473 g/mol. The van der Waals surface area contributed by atoms with Crippen LogP contribution in [0, 0.1) is 12.8 Å². The molecule has 0 fully saturated rings. The number of hydrogen-bond donors (Lipinski definition) is 0. The fourth-order valence-electron chi connectivity index (χ4n) is 3.89. The fourth-order valence-corrected chi connectivity index (χ4v) is 3.99. The van der Waals surface area contributed by atoms with Crippen LogP contribution < -0.4 is 4.74 Å². The summed E-state index contributed by atoms with van der Waals surface area (Å²) in [5, 5.41) is 0.252. The van der Waals surface area contributed by atoms with Gasteiger partial charge in [0.05, 0.1) is 31.1 Å². The van der Waals surface area contributed by atoms with Crippen LogP contribution in [-0.4, -0.2) is 30.2 Å². The topological polar surface area (TPSA) is 57.5 Å². The summed E-state index contributed by atoms with van der Waals surface area (Å²) < 4.78 is 44.9. The summed E-state index contributed by atoms with van der Waals surface area (Å²) in [5.41, 5.74) is 1.06. The number of unbranched alkanes of at least 4 members (excludes halogenated alkanes) is 1. The highest BCUT2D eigenvalue weighted by molar-refractivity contribution is 6.30. The van der Waals surface area contributed by atoms with Crippen molar-refractivity contribution in [2.45, 2.75) is 52.9 Å². The molecule has 1 unspecified atom stereocenters. The third-order valence-electron chi connectivity index (χ3n) is 5.90. The van der Waals surface area contributed by atoms with Crippen LogP contribution in [0.1, 0.15) is 66.6 Å². The van der Waals surface area contributed by atoms with Gasteiger partial charge in [0.1, 0.15) is 5.75 Å². The maximum absolute atomic E-state index is 13.7. The molecule has 0 aliphatic heterocycles. The second-order valence-corrected chi connectivity index (χ2v) is 8.43. The first-order valence-corrected chi connectivity index (χ1v) is 11.6. The highest BCUT2D eigenvalue weighted by atomic mass is 35.5. The molecule has 176 valence electrons. The molecule has 33 heavy (non-hydrogen) atoms. The lowest BCUT2D eigenvalue weighted by Crippen LogP contribution is -2.17. The third kappa shape index (κ3) is 5.77. The second-order valence-electron chi connectivity index (χ2n) is 8.05. The molecule has 0 aliphatic rings. The van der Waals surface area contributed by atoms with Crippen molar-refractivity contribution in [3.8, 4) is 5.75 Å². The van der Waals surface area contributed by atoms with Crippen molar-refractivity contribution in [1.82, 2.24) is 4.57 Å². The van der Waals surface area contributed by atoms with Crippen LogP contribution in [0.5, 0.6) is 5.75 Å². The van der Waals surface area contributed by atoms with Crippen molar-refractivity contribution in [1.29, 1.82) is 0 Å². The third-order valence-corrected chi connectivity index (χ3v) is 6.09. The van der Waals surface area contributed by atoms with Gasteiger partial charge >= 0.3 is 5.97 Å². The smallest absolute Gasteiger partial charge is 0.310 e. The van der Waals surface area contributed by atoms with Crippen molar-refractivity contribution in [3.63, 3.8) is 0 Å². The molecule has 0 amide bonds. The van der Waals surface area contributed by atoms with E-state index in [1.165, 1.54) is 11.7 Å². The summed E-state index contributed by atoms with van der Waals surface area (Å²) in [5.74, 6) is -0.329. The first kappa shape index (κ1) is 19.7. The highest BCUT2D eigenvalue weighted by Crippen LogP contribution is 2.31. The molecule has 3 aromatic rings. The predicted molar refractivity (Wildman–Crippen MR) is 132 cm³/mol. The van der Waals surface area contributed by atoms with E-state index in [1.54, 1.807) is 25.1 Å². The second kappa shape index (κ2) is 11.4. The summed E-state index contributed by atoms with van der Waals surface area (Å²) in [6.45, 7) is 6.21. The molecule has 5 nitrogen and oxygen atoms in total. The normalized spacial score (nSPS) is 13.7. The van der Waals surface area contributed by atoms with Crippen molar-refractivity contribution in [2.24, 2.45) is 5.92 Å². The van der Waals surface area contributed by atoms with Crippen LogP contribution in [0.25, 0.3) is 10.9 Å². The van der Waals surface area contributed by atoms with Gasteiger partial charge in [-0.1, -0.05) is 44.7 Å². The number of halogens is 1. The highest BCUT2D eigenvalue weighted by Gasteiger charge is 2.23. The largest absolute Gasteiger partial charge is 0.497 e. The van der Waals surface area contributed by atoms with E-state index in [-0.39, 0.29) is 11.4 Å². The van der Waals surface area contributed by atoms with Crippen LogP contribution in [0.4, 0.5) is 0 Å². The lowest BCUT2D eigenvalue weighted by Gasteiger charge is -2.14. The molecule has 0 radical (unpaired) electrons. The Bertz CT molecular complexity index is 1310. The van der Waals surface area contributed by atoms with Gasteiger partial charge in [-0.2, -0.15) is 0 Å². The summed E-state index contributed by atoms with van der Waals surface area (Å²) in [7, 11) is 1.52. The number of hydrogen-bond acceptors (Lipinski definition) is 4. The Kier molecular flexibility index (Phi) is 6.78. The average molecular weight is 474 g/mol. The van der Waals surface area contributed by atoms with E-state index in [0.717, 1.165) is 25.7 Å². The van der Waals surface area contributed by atoms with Gasteiger partial charge in [0.25, 0.3) is 5.91 Å². The zero-order valence-electron chi connectivity index (χ0n) is 23.5. The van der Waals surface area contributed by atoms with Gasteiger partial charge in [-0.3, -0.25) is 14.2 Å². The minimum atomic E-state index is -0.744. The summed E-state index contributed by atoms with van der Waals surface area (Å²) in [6.07, 6.45) is 3.99. The number of esters is 1. The number of methoxy groups -OCH3 is 1. The van der Waals surface area contributed by atoms with Crippen molar-refractivity contribution < 1.29 is 24.5 Å². The average Bonchev–Trinajstić information content (AvgIpc) is 3.16. The Hall–Kier alpha value is -2.79. The number of ether oxygens (including phenoxy) is 2. The Morgan fingerprint density at radius 3 is 2.55 bits per heavy atom. The van der Waals surface area contributed by atoms with E-state index < -0.39 is 41.6 Å². The predicted octanol–water partition coefficient (Wildman–Crippen LogP) is 6.60. The van der Waals surface area contributed by atoms with Crippen LogP contribution in [0.3, 0.4) is 0 Å². The van der Waals surface area contributed by atoms with E-state index in [4.69, 9.17) is 26.6 Å². The maximum Gasteiger partial charge on any atom is 0.310 e. The maximum atomic E-state index is 13.7. The van der Waals surface area contributed by atoms with Crippen molar-refractivity contribution in [2.75, 3.05) is 13.7 Å². The minimum absolute atomic E-state index is 0.0739. The van der Waals surface area contributed by atoms with Gasteiger partial charge in [0.2, 0.25) is 0 Å². The van der Waals surface area contributed by atoms with Crippen molar-refractivity contribution in [3.05, 3.63) is 64.2 Å². The summed E-state index contributed by atoms with van der Waals surface area (Å²) in [4.78, 5) is 26.6. The molecule has 1 aromatic heterocycles. The first-order chi connectivity index (χ1) is 17.6. The number of fused-ring (bicyclic) bond motifs is 1. The Morgan fingerprint density at radius 2 is 1.91 bits per heavy atom. The van der Waals surface area contributed by atoms with Gasteiger partial charge in [-0.25, -0.2) is 0 Å². The SMILES string of the molecule is [2H]c1c([2H])c(C(=O)n2c(C)c(CC(=O)OCC(CC)CCCC)c3cc(OC)ccc32)c([2H])c([2H])c1Cl. The molecule has 0 N–H and O–H groups in total. The van der Waals surface area contributed by atoms with Gasteiger partial charge < -0.3 is 9.47 Å². The van der Waals surface area contributed by atoms with Crippen LogP contribution in [-0.2, 0) is 16.0 Å². The molecule has 0 aliphatic carbocycles. The lowest BCUT2D eigenvalue weighted by molar-refractivity contribution is -0.144. The molecule has 3 rings (SSSR count). The molecular weight excluding hydrogens is 438 g/mol. The number of benzene rings is 2. The van der Waals surface area contributed by atoms with Crippen LogP contribution >= 0.6 is 11.6 Å². The number of rotatable bonds is 10. The molecule has 0 spiro atoms. The Labute approximate surface area is 206 Å². The molecular formula is C27H32ClNO4.